The number of hydrogen-bond donors (Lipinski definition) is 1. The Balaban J connectivity index is 0.00000200. The summed E-state index contributed by atoms with van der Waals surface area (Å²) in [6.07, 6.45) is 0. The molecule has 2 unspecified atom stereocenters. The average molecular weight is 303 g/mol. The smallest absolute Gasteiger partial charge is 0.257 e. The fourth-order valence-corrected chi connectivity index (χ4v) is 2.51. The lowest BCUT2D eigenvalue weighted by molar-refractivity contribution is 0.0670. The van der Waals surface area contributed by atoms with E-state index in [0.29, 0.717) is 18.8 Å². The number of halogens is 2. The molecular formula is C14H20ClFN2O2. The van der Waals surface area contributed by atoms with Crippen LogP contribution in [0, 0.1) is 5.82 Å². The van der Waals surface area contributed by atoms with Gasteiger partial charge in [-0.25, -0.2) is 4.39 Å². The molecular weight excluding hydrogens is 283 g/mol. The summed E-state index contributed by atoms with van der Waals surface area (Å²) >= 11 is 0. The third kappa shape index (κ3) is 3.61. The molecule has 0 bridgehead atoms. The van der Waals surface area contributed by atoms with Crippen LogP contribution in [0.25, 0.3) is 0 Å². The van der Waals surface area contributed by atoms with Gasteiger partial charge in [0.15, 0.2) is 0 Å². The highest BCUT2D eigenvalue weighted by atomic mass is 35.5. The van der Waals surface area contributed by atoms with Crippen LogP contribution in [0.1, 0.15) is 24.2 Å². The third-order valence-corrected chi connectivity index (χ3v) is 3.24. The number of methoxy groups -OCH3 is 1. The first kappa shape index (κ1) is 16.7. The van der Waals surface area contributed by atoms with E-state index in [1.54, 1.807) is 4.90 Å². The van der Waals surface area contributed by atoms with E-state index < -0.39 is 5.82 Å². The summed E-state index contributed by atoms with van der Waals surface area (Å²) in [6, 6.07) is 4.47. The van der Waals surface area contributed by atoms with Crippen LogP contribution in [0.5, 0.6) is 5.75 Å². The number of piperazine rings is 1. The molecule has 1 aliphatic rings. The van der Waals surface area contributed by atoms with Crippen molar-refractivity contribution in [3.8, 4) is 5.75 Å². The van der Waals surface area contributed by atoms with E-state index in [2.05, 4.69) is 5.32 Å². The lowest BCUT2D eigenvalue weighted by Crippen LogP contribution is -2.55. The van der Waals surface area contributed by atoms with E-state index in [1.165, 1.54) is 25.3 Å². The van der Waals surface area contributed by atoms with E-state index in [1.807, 2.05) is 13.8 Å². The van der Waals surface area contributed by atoms with Gasteiger partial charge in [0, 0.05) is 25.2 Å². The average Bonchev–Trinajstić information content (AvgIpc) is 2.36. The molecule has 2 rings (SSSR count). The molecule has 0 aliphatic carbocycles. The Morgan fingerprint density at radius 2 is 1.95 bits per heavy atom. The van der Waals surface area contributed by atoms with Crippen molar-refractivity contribution in [2.75, 3.05) is 20.2 Å². The second-order valence-corrected chi connectivity index (χ2v) is 5.02. The van der Waals surface area contributed by atoms with Gasteiger partial charge in [0.2, 0.25) is 0 Å². The van der Waals surface area contributed by atoms with Gasteiger partial charge in [-0.15, -0.1) is 12.4 Å². The maximum atomic E-state index is 13.3. The minimum atomic E-state index is -0.430. The molecule has 1 saturated heterocycles. The molecule has 1 aliphatic heterocycles. The molecule has 0 aromatic heterocycles. The molecule has 20 heavy (non-hydrogen) atoms. The predicted molar refractivity (Wildman–Crippen MR) is 78.2 cm³/mol. The van der Waals surface area contributed by atoms with Crippen molar-refractivity contribution in [1.82, 2.24) is 10.2 Å². The Hall–Kier alpha value is -1.33. The highest BCUT2D eigenvalue weighted by molar-refractivity contribution is 5.97. The number of hydrogen-bond acceptors (Lipinski definition) is 3. The van der Waals surface area contributed by atoms with Crippen LogP contribution in [0.3, 0.4) is 0 Å². The second kappa shape index (κ2) is 6.90. The van der Waals surface area contributed by atoms with Crippen LogP contribution in [0.15, 0.2) is 18.2 Å². The maximum absolute atomic E-state index is 13.3. The first-order valence-electron chi connectivity index (χ1n) is 6.40. The van der Waals surface area contributed by atoms with E-state index in [9.17, 15) is 9.18 Å². The Morgan fingerprint density at radius 1 is 1.35 bits per heavy atom. The zero-order valence-electron chi connectivity index (χ0n) is 11.9. The number of carbonyl (C=O) groups excluding carboxylic acids is 1. The highest BCUT2D eigenvalue weighted by Crippen LogP contribution is 2.22. The van der Waals surface area contributed by atoms with Gasteiger partial charge in [-0.3, -0.25) is 4.79 Å². The quantitative estimate of drug-likeness (QED) is 0.909. The summed E-state index contributed by atoms with van der Waals surface area (Å²) in [6.45, 7) is 5.28. The number of amides is 1. The molecule has 6 heteroatoms. The maximum Gasteiger partial charge on any atom is 0.257 e. The van der Waals surface area contributed by atoms with Crippen LogP contribution in [0.2, 0.25) is 0 Å². The number of nitrogens with zero attached hydrogens (tertiary/aromatic N) is 1. The SMILES string of the molecule is COc1ccc(F)cc1C(=O)N1CC(C)NC(C)C1.Cl. The molecule has 0 spiro atoms. The zero-order valence-corrected chi connectivity index (χ0v) is 12.7. The number of benzene rings is 1. The monoisotopic (exact) mass is 302 g/mol. The lowest BCUT2D eigenvalue weighted by Gasteiger charge is -2.36. The fourth-order valence-electron chi connectivity index (χ4n) is 2.51. The molecule has 1 fully saturated rings. The van der Waals surface area contributed by atoms with E-state index in [0.717, 1.165) is 0 Å². The predicted octanol–water partition coefficient (Wildman–Crippen LogP) is 2.08. The van der Waals surface area contributed by atoms with Crippen LogP contribution in [0.4, 0.5) is 4.39 Å². The van der Waals surface area contributed by atoms with Crippen molar-refractivity contribution in [2.45, 2.75) is 25.9 Å². The van der Waals surface area contributed by atoms with Gasteiger partial charge in [0.1, 0.15) is 11.6 Å². The number of rotatable bonds is 2. The minimum Gasteiger partial charge on any atom is -0.496 e. The highest BCUT2D eigenvalue weighted by Gasteiger charge is 2.27. The first-order valence-corrected chi connectivity index (χ1v) is 6.40. The molecule has 1 heterocycles. The van der Waals surface area contributed by atoms with Crippen molar-refractivity contribution < 1.29 is 13.9 Å². The molecule has 1 aromatic carbocycles. The Bertz CT molecular complexity index is 474. The Labute approximate surface area is 124 Å². The van der Waals surface area contributed by atoms with Crippen LogP contribution < -0.4 is 10.1 Å². The van der Waals surface area contributed by atoms with E-state index in [4.69, 9.17) is 4.74 Å². The summed E-state index contributed by atoms with van der Waals surface area (Å²) in [5.74, 6) is -0.206. The first-order chi connectivity index (χ1) is 9.01. The molecule has 1 aromatic rings. The van der Waals surface area contributed by atoms with Gasteiger partial charge in [0.25, 0.3) is 5.91 Å². The Kier molecular flexibility index (Phi) is 5.77. The molecule has 112 valence electrons. The molecule has 4 nitrogen and oxygen atoms in total. The summed E-state index contributed by atoms with van der Waals surface area (Å²) < 4.78 is 18.5. The van der Waals surface area contributed by atoms with Crippen molar-refractivity contribution in [3.63, 3.8) is 0 Å². The lowest BCUT2D eigenvalue weighted by atomic mass is 10.1. The van der Waals surface area contributed by atoms with Gasteiger partial charge >= 0.3 is 0 Å². The molecule has 1 N–H and O–H groups in total. The zero-order chi connectivity index (χ0) is 14.0. The summed E-state index contributed by atoms with van der Waals surface area (Å²) in [4.78, 5) is 14.2. The van der Waals surface area contributed by atoms with Crippen LogP contribution >= 0.6 is 12.4 Å². The number of nitrogens with one attached hydrogen (secondary N) is 1. The molecule has 0 saturated carbocycles. The normalized spacial score (nSPS) is 22.1. The van der Waals surface area contributed by atoms with Crippen LogP contribution in [-0.4, -0.2) is 43.1 Å². The third-order valence-electron chi connectivity index (χ3n) is 3.24. The van der Waals surface area contributed by atoms with Crippen LogP contribution in [-0.2, 0) is 0 Å². The fraction of sp³-hybridized carbons (Fsp3) is 0.500. The Morgan fingerprint density at radius 3 is 2.50 bits per heavy atom. The topological polar surface area (TPSA) is 41.6 Å². The van der Waals surface area contributed by atoms with Gasteiger partial charge in [-0.2, -0.15) is 0 Å². The van der Waals surface area contributed by atoms with Crippen molar-refractivity contribution >= 4 is 18.3 Å². The van der Waals surface area contributed by atoms with Gasteiger partial charge in [0.05, 0.1) is 12.7 Å². The number of carbonyl (C=O) groups is 1. The molecule has 0 radical (unpaired) electrons. The summed E-state index contributed by atoms with van der Waals surface area (Å²) in [5, 5.41) is 3.36. The number of ether oxygens (including phenoxy) is 1. The second-order valence-electron chi connectivity index (χ2n) is 5.02. The largest absolute Gasteiger partial charge is 0.496 e. The molecule has 1 amide bonds. The van der Waals surface area contributed by atoms with Gasteiger partial charge in [-0.1, -0.05) is 0 Å². The van der Waals surface area contributed by atoms with Crippen molar-refractivity contribution in [3.05, 3.63) is 29.6 Å². The van der Waals surface area contributed by atoms with Gasteiger partial charge < -0.3 is 15.0 Å². The minimum absolute atomic E-state index is 0. The molecule has 2 atom stereocenters. The van der Waals surface area contributed by atoms with E-state index in [-0.39, 0.29) is 36.0 Å². The summed E-state index contributed by atoms with van der Waals surface area (Å²) in [7, 11) is 1.48. The van der Waals surface area contributed by atoms with Crippen molar-refractivity contribution in [1.29, 1.82) is 0 Å². The van der Waals surface area contributed by atoms with Gasteiger partial charge in [-0.05, 0) is 32.0 Å². The van der Waals surface area contributed by atoms with Crippen molar-refractivity contribution in [2.24, 2.45) is 0 Å². The van der Waals surface area contributed by atoms with E-state index >= 15 is 0 Å². The summed E-state index contributed by atoms with van der Waals surface area (Å²) in [5.41, 5.74) is 0.281. The standard InChI is InChI=1S/C14H19FN2O2.ClH/c1-9-7-17(8-10(2)16-9)14(18)12-6-11(15)4-5-13(12)19-3;/h4-6,9-10,16H,7-8H2,1-3H3;1H.